The Morgan fingerprint density at radius 1 is 1.41 bits per heavy atom. The topological polar surface area (TPSA) is 37.4 Å². The van der Waals surface area contributed by atoms with Crippen LogP contribution in [0.5, 0.6) is 0 Å². The molecule has 1 saturated heterocycles. The minimum atomic E-state index is -4.77. The Morgan fingerprint density at radius 3 is 2.64 bits per heavy atom. The van der Waals surface area contributed by atoms with E-state index in [-0.39, 0.29) is 35.6 Å². The Hall–Kier alpha value is -1.57. The van der Waals surface area contributed by atoms with Crippen molar-refractivity contribution in [2.24, 2.45) is 5.92 Å². The van der Waals surface area contributed by atoms with E-state index >= 15 is 0 Å². The Morgan fingerprint density at radius 2 is 2.09 bits per heavy atom. The van der Waals surface area contributed by atoms with Crippen LogP contribution < -0.4 is 4.90 Å². The van der Waals surface area contributed by atoms with Gasteiger partial charge in [-0.1, -0.05) is 11.8 Å². The molecule has 0 radical (unpaired) electrons. The highest BCUT2D eigenvalue weighted by molar-refractivity contribution is 8.13. The third kappa shape index (κ3) is 3.79. The standard InChI is InChI=1S/C14H13F4NO2S/c1-8(20)22-7-9-4-13(21)19(6-9)10-2-3-11(12(15)5-10)14(16,17)18/h2-3,5,9H,4,6-7H2,1H3. The van der Waals surface area contributed by atoms with E-state index in [0.717, 1.165) is 23.9 Å². The predicted molar refractivity (Wildman–Crippen MR) is 75.0 cm³/mol. The van der Waals surface area contributed by atoms with Gasteiger partial charge in [-0.25, -0.2) is 4.39 Å². The predicted octanol–water partition coefficient (Wildman–Crippen LogP) is 3.48. The molecule has 8 heteroatoms. The van der Waals surface area contributed by atoms with E-state index in [1.54, 1.807) is 0 Å². The van der Waals surface area contributed by atoms with E-state index in [0.29, 0.717) is 11.8 Å². The summed E-state index contributed by atoms with van der Waals surface area (Å²) in [6, 6.07) is 2.45. The summed E-state index contributed by atoms with van der Waals surface area (Å²) in [7, 11) is 0. The maximum atomic E-state index is 13.6. The first-order chi connectivity index (χ1) is 10.2. The summed E-state index contributed by atoms with van der Waals surface area (Å²) in [5.74, 6) is -1.31. The van der Waals surface area contributed by atoms with Crippen LogP contribution in [0.4, 0.5) is 23.2 Å². The average Bonchev–Trinajstić information content (AvgIpc) is 2.76. The monoisotopic (exact) mass is 335 g/mol. The van der Waals surface area contributed by atoms with Crippen molar-refractivity contribution in [3.8, 4) is 0 Å². The Labute approximate surface area is 128 Å². The van der Waals surface area contributed by atoms with Gasteiger partial charge in [-0.3, -0.25) is 9.59 Å². The summed E-state index contributed by atoms with van der Waals surface area (Å²) in [5, 5.41) is -0.0635. The van der Waals surface area contributed by atoms with Crippen LogP contribution in [-0.2, 0) is 15.8 Å². The minimum absolute atomic E-state index is 0.0635. The average molecular weight is 335 g/mol. The second-order valence-corrected chi connectivity index (χ2v) is 6.24. The number of benzene rings is 1. The molecule has 1 aromatic rings. The molecule has 0 bridgehead atoms. The van der Waals surface area contributed by atoms with Gasteiger partial charge in [0.05, 0.1) is 5.56 Å². The van der Waals surface area contributed by atoms with Crippen molar-refractivity contribution < 1.29 is 27.2 Å². The second-order valence-electron chi connectivity index (χ2n) is 5.04. The van der Waals surface area contributed by atoms with Gasteiger partial charge >= 0.3 is 6.18 Å². The quantitative estimate of drug-likeness (QED) is 0.794. The van der Waals surface area contributed by atoms with Crippen LogP contribution in [0.25, 0.3) is 0 Å². The van der Waals surface area contributed by atoms with Gasteiger partial charge in [0.2, 0.25) is 5.91 Å². The maximum Gasteiger partial charge on any atom is 0.419 e. The van der Waals surface area contributed by atoms with Crippen molar-refractivity contribution in [2.45, 2.75) is 19.5 Å². The number of nitrogens with zero attached hydrogens (tertiary/aromatic N) is 1. The molecule has 1 aromatic carbocycles. The Bertz CT molecular complexity index is 603. The van der Waals surface area contributed by atoms with Crippen LogP contribution >= 0.6 is 11.8 Å². The molecule has 0 spiro atoms. The van der Waals surface area contributed by atoms with Gasteiger partial charge in [0.1, 0.15) is 5.82 Å². The minimum Gasteiger partial charge on any atom is -0.312 e. The van der Waals surface area contributed by atoms with E-state index < -0.39 is 17.6 Å². The number of anilines is 1. The van der Waals surface area contributed by atoms with Crippen LogP contribution in [-0.4, -0.2) is 23.3 Å². The molecule has 1 amide bonds. The van der Waals surface area contributed by atoms with Crippen molar-refractivity contribution in [3.63, 3.8) is 0 Å². The molecule has 0 aliphatic carbocycles. The fraction of sp³-hybridized carbons (Fsp3) is 0.429. The fourth-order valence-electron chi connectivity index (χ4n) is 2.28. The van der Waals surface area contributed by atoms with Gasteiger partial charge in [-0.15, -0.1) is 0 Å². The van der Waals surface area contributed by atoms with Crippen LogP contribution in [0.1, 0.15) is 18.9 Å². The lowest BCUT2D eigenvalue weighted by atomic mass is 10.1. The lowest BCUT2D eigenvalue weighted by molar-refractivity contribution is -0.140. The van der Waals surface area contributed by atoms with Crippen molar-refractivity contribution in [1.82, 2.24) is 0 Å². The Balaban J connectivity index is 2.14. The highest BCUT2D eigenvalue weighted by Gasteiger charge is 2.36. The lowest BCUT2D eigenvalue weighted by Crippen LogP contribution is -2.25. The second kappa shape index (κ2) is 6.28. The molecular formula is C14H13F4NO2S. The summed E-state index contributed by atoms with van der Waals surface area (Å²) in [6.07, 6.45) is -4.57. The van der Waals surface area contributed by atoms with Gasteiger partial charge in [0.15, 0.2) is 5.12 Å². The third-order valence-corrected chi connectivity index (χ3v) is 4.34. The zero-order valence-electron chi connectivity index (χ0n) is 11.6. The van der Waals surface area contributed by atoms with Gasteiger partial charge in [-0.05, 0) is 24.1 Å². The summed E-state index contributed by atoms with van der Waals surface area (Å²) in [4.78, 5) is 24.1. The number of hydrogen-bond acceptors (Lipinski definition) is 3. The zero-order chi connectivity index (χ0) is 16.5. The summed E-state index contributed by atoms with van der Waals surface area (Å²) in [5.41, 5.74) is -1.25. The van der Waals surface area contributed by atoms with Gasteiger partial charge in [0, 0.05) is 31.3 Å². The number of hydrogen-bond donors (Lipinski definition) is 0. The van der Waals surface area contributed by atoms with Crippen molar-refractivity contribution in [1.29, 1.82) is 0 Å². The molecular weight excluding hydrogens is 322 g/mol. The zero-order valence-corrected chi connectivity index (χ0v) is 12.4. The van der Waals surface area contributed by atoms with Crippen molar-refractivity contribution >= 4 is 28.5 Å². The van der Waals surface area contributed by atoms with E-state index in [9.17, 15) is 27.2 Å². The molecule has 1 heterocycles. The smallest absolute Gasteiger partial charge is 0.312 e. The lowest BCUT2D eigenvalue weighted by Gasteiger charge is -2.18. The van der Waals surface area contributed by atoms with Gasteiger partial charge < -0.3 is 4.90 Å². The molecule has 120 valence electrons. The number of carbonyl (C=O) groups excluding carboxylic acids is 2. The van der Waals surface area contributed by atoms with E-state index in [1.807, 2.05) is 0 Å². The van der Waals surface area contributed by atoms with Crippen molar-refractivity contribution in [2.75, 3.05) is 17.2 Å². The van der Waals surface area contributed by atoms with E-state index in [4.69, 9.17) is 0 Å². The number of thioether (sulfide) groups is 1. The summed E-state index contributed by atoms with van der Waals surface area (Å²) >= 11 is 1.10. The molecule has 1 unspecified atom stereocenters. The largest absolute Gasteiger partial charge is 0.419 e. The number of rotatable bonds is 3. The van der Waals surface area contributed by atoms with Crippen LogP contribution in [0.15, 0.2) is 18.2 Å². The Kier molecular flexibility index (Phi) is 4.79. The molecule has 1 fully saturated rings. The number of amides is 1. The molecule has 0 aromatic heterocycles. The van der Waals surface area contributed by atoms with E-state index in [1.165, 1.54) is 11.8 Å². The normalized spacial score (nSPS) is 18.9. The first-order valence-electron chi connectivity index (χ1n) is 6.49. The molecule has 1 aliphatic rings. The first kappa shape index (κ1) is 16.8. The van der Waals surface area contributed by atoms with Crippen LogP contribution in [0, 0.1) is 11.7 Å². The number of carbonyl (C=O) groups is 2. The first-order valence-corrected chi connectivity index (χ1v) is 7.47. The third-order valence-electron chi connectivity index (χ3n) is 3.30. The molecule has 22 heavy (non-hydrogen) atoms. The van der Waals surface area contributed by atoms with Crippen molar-refractivity contribution in [3.05, 3.63) is 29.6 Å². The highest BCUT2D eigenvalue weighted by atomic mass is 32.2. The summed E-state index contributed by atoms with van der Waals surface area (Å²) in [6.45, 7) is 1.69. The molecule has 0 saturated carbocycles. The summed E-state index contributed by atoms with van der Waals surface area (Å²) < 4.78 is 51.1. The van der Waals surface area contributed by atoms with E-state index in [2.05, 4.69) is 0 Å². The highest BCUT2D eigenvalue weighted by Crippen LogP contribution is 2.34. The molecule has 1 aliphatic heterocycles. The van der Waals surface area contributed by atoms with Crippen LogP contribution in [0.2, 0.25) is 0 Å². The SMILES string of the molecule is CC(=O)SCC1CC(=O)N(c2ccc(C(F)(F)F)c(F)c2)C1. The molecule has 3 nitrogen and oxygen atoms in total. The van der Waals surface area contributed by atoms with Gasteiger partial charge in [0.25, 0.3) is 0 Å². The fourth-order valence-corrected chi connectivity index (χ4v) is 2.97. The molecule has 2 rings (SSSR count). The molecule has 1 atom stereocenters. The number of halogens is 4. The maximum absolute atomic E-state index is 13.6. The van der Waals surface area contributed by atoms with Crippen LogP contribution in [0.3, 0.4) is 0 Å². The van der Waals surface area contributed by atoms with Gasteiger partial charge in [-0.2, -0.15) is 13.2 Å². The molecule has 0 N–H and O–H groups in total. The number of alkyl halides is 3.